The number of hydrogen-bond donors (Lipinski definition) is 0. The highest BCUT2D eigenvalue weighted by Crippen LogP contribution is 2.30. The van der Waals surface area contributed by atoms with Crippen LogP contribution in [0.2, 0.25) is 0 Å². The van der Waals surface area contributed by atoms with Crippen molar-refractivity contribution >= 4 is 5.69 Å². The van der Waals surface area contributed by atoms with E-state index in [1.165, 1.54) is 12.1 Å². The van der Waals surface area contributed by atoms with Crippen LogP contribution in [0, 0.1) is 0 Å². The van der Waals surface area contributed by atoms with Crippen molar-refractivity contribution in [1.29, 1.82) is 0 Å². The van der Waals surface area contributed by atoms with Crippen molar-refractivity contribution in [2.75, 3.05) is 11.4 Å². The molecule has 6 nitrogen and oxygen atoms in total. The zero-order valence-electron chi connectivity index (χ0n) is 14.6. The molecule has 0 saturated carbocycles. The second kappa shape index (κ2) is 6.20. The van der Waals surface area contributed by atoms with Crippen LogP contribution >= 0.6 is 0 Å². The fourth-order valence-corrected chi connectivity index (χ4v) is 3.35. The normalized spacial score (nSPS) is 14.5. The van der Waals surface area contributed by atoms with Crippen molar-refractivity contribution in [2.24, 2.45) is 7.05 Å². The zero-order valence-corrected chi connectivity index (χ0v) is 14.6. The summed E-state index contributed by atoms with van der Waals surface area (Å²) in [5.74, 6) is 1.10. The summed E-state index contributed by atoms with van der Waals surface area (Å²) >= 11 is 0. The lowest BCUT2D eigenvalue weighted by atomic mass is 10.2. The first-order valence-electron chi connectivity index (χ1n) is 8.58. The van der Waals surface area contributed by atoms with E-state index in [9.17, 15) is 0 Å². The molecule has 0 bridgehead atoms. The third kappa shape index (κ3) is 2.73. The molecule has 3 heterocycles. The van der Waals surface area contributed by atoms with E-state index in [4.69, 9.17) is 4.52 Å². The largest absolute Gasteiger partial charge is 0.346 e. The van der Waals surface area contributed by atoms with Gasteiger partial charge in [0, 0.05) is 30.5 Å². The number of aryl methyl sites for hydroxylation is 1. The summed E-state index contributed by atoms with van der Waals surface area (Å²) in [5, 5.41) is 8.42. The monoisotopic (exact) mass is 335 g/mol. The summed E-state index contributed by atoms with van der Waals surface area (Å²) in [5.41, 5.74) is 5.26. The summed E-state index contributed by atoms with van der Waals surface area (Å²) in [6.45, 7) is 7.25. The molecule has 128 valence electrons. The molecule has 1 aliphatic rings. The van der Waals surface area contributed by atoms with Gasteiger partial charge in [-0.2, -0.15) is 10.1 Å². The van der Waals surface area contributed by atoms with Crippen LogP contribution in [0.25, 0.3) is 22.8 Å². The highest BCUT2D eigenvalue weighted by atomic mass is 16.5. The SMILES string of the molecule is C=C1CCCN1c1ccc(-c2noc(-c3cnn(C)c3CC)n2)cc1. The Morgan fingerprint density at radius 3 is 2.72 bits per heavy atom. The van der Waals surface area contributed by atoms with Crippen LogP contribution < -0.4 is 4.90 Å². The molecule has 1 aliphatic heterocycles. The molecule has 1 fully saturated rings. The van der Waals surface area contributed by atoms with Crippen molar-refractivity contribution in [3.8, 4) is 22.8 Å². The standard InChI is InChI=1S/C19H21N5O/c1-4-17-16(12-20-23(17)3)19-21-18(22-25-19)14-7-9-15(10-8-14)24-11-5-6-13(24)2/h7-10,12H,2,4-6,11H2,1,3H3. The minimum Gasteiger partial charge on any atom is -0.346 e. The molecule has 0 amide bonds. The summed E-state index contributed by atoms with van der Waals surface area (Å²) in [7, 11) is 1.92. The van der Waals surface area contributed by atoms with E-state index < -0.39 is 0 Å². The van der Waals surface area contributed by atoms with Crippen LogP contribution in [0.4, 0.5) is 5.69 Å². The zero-order chi connectivity index (χ0) is 17.4. The second-order valence-corrected chi connectivity index (χ2v) is 6.27. The maximum Gasteiger partial charge on any atom is 0.261 e. The van der Waals surface area contributed by atoms with Gasteiger partial charge < -0.3 is 9.42 Å². The molecule has 0 spiro atoms. The van der Waals surface area contributed by atoms with Crippen molar-refractivity contribution in [1.82, 2.24) is 19.9 Å². The summed E-state index contributed by atoms with van der Waals surface area (Å²) in [6, 6.07) is 8.23. The van der Waals surface area contributed by atoms with Gasteiger partial charge in [0.15, 0.2) is 0 Å². The van der Waals surface area contributed by atoms with E-state index in [1.54, 1.807) is 6.20 Å². The van der Waals surface area contributed by atoms with Gasteiger partial charge in [-0.15, -0.1) is 0 Å². The molecule has 3 aromatic rings. The van der Waals surface area contributed by atoms with Crippen molar-refractivity contribution in [2.45, 2.75) is 26.2 Å². The van der Waals surface area contributed by atoms with Gasteiger partial charge in [0.25, 0.3) is 5.89 Å². The Kier molecular flexibility index (Phi) is 3.87. The van der Waals surface area contributed by atoms with Gasteiger partial charge in [-0.25, -0.2) is 0 Å². The van der Waals surface area contributed by atoms with Crippen LogP contribution in [-0.2, 0) is 13.5 Å². The number of nitrogens with zero attached hydrogens (tertiary/aromatic N) is 5. The van der Waals surface area contributed by atoms with E-state index in [0.717, 1.165) is 41.9 Å². The lowest BCUT2D eigenvalue weighted by Crippen LogP contribution is -2.14. The van der Waals surface area contributed by atoms with Gasteiger partial charge in [-0.05, 0) is 43.5 Å². The topological polar surface area (TPSA) is 60.0 Å². The molecular weight excluding hydrogens is 314 g/mol. The molecule has 1 aromatic carbocycles. The van der Waals surface area contributed by atoms with E-state index >= 15 is 0 Å². The number of allylic oxidation sites excluding steroid dienone is 1. The number of benzene rings is 1. The molecule has 25 heavy (non-hydrogen) atoms. The van der Waals surface area contributed by atoms with Crippen molar-refractivity contribution < 1.29 is 4.52 Å². The number of aromatic nitrogens is 4. The fraction of sp³-hybridized carbons (Fsp3) is 0.316. The third-order valence-electron chi connectivity index (χ3n) is 4.72. The fourth-order valence-electron chi connectivity index (χ4n) is 3.35. The van der Waals surface area contributed by atoms with E-state index in [2.05, 4.69) is 45.8 Å². The Hall–Kier alpha value is -2.89. The molecule has 2 aromatic heterocycles. The highest BCUT2D eigenvalue weighted by Gasteiger charge is 2.18. The summed E-state index contributed by atoms with van der Waals surface area (Å²) in [6.07, 6.45) is 4.87. The van der Waals surface area contributed by atoms with E-state index in [0.29, 0.717) is 11.7 Å². The average Bonchev–Trinajstić information content (AvgIpc) is 3.34. The van der Waals surface area contributed by atoms with Crippen LogP contribution in [0.3, 0.4) is 0 Å². The highest BCUT2D eigenvalue weighted by molar-refractivity contribution is 5.64. The Balaban J connectivity index is 1.61. The van der Waals surface area contributed by atoms with Crippen molar-refractivity contribution in [3.63, 3.8) is 0 Å². The molecule has 0 atom stereocenters. The van der Waals surface area contributed by atoms with Crippen LogP contribution in [0.5, 0.6) is 0 Å². The van der Waals surface area contributed by atoms with E-state index in [-0.39, 0.29) is 0 Å². The number of hydrogen-bond acceptors (Lipinski definition) is 5. The molecule has 0 unspecified atom stereocenters. The van der Waals surface area contributed by atoms with Gasteiger partial charge in [0.1, 0.15) is 0 Å². The first-order chi connectivity index (χ1) is 12.2. The minimum absolute atomic E-state index is 0.511. The van der Waals surface area contributed by atoms with Gasteiger partial charge in [-0.1, -0.05) is 18.7 Å². The summed E-state index contributed by atoms with van der Waals surface area (Å²) in [4.78, 5) is 6.81. The molecule has 0 N–H and O–H groups in total. The maximum atomic E-state index is 5.47. The smallest absolute Gasteiger partial charge is 0.261 e. The van der Waals surface area contributed by atoms with Gasteiger partial charge in [-0.3, -0.25) is 4.68 Å². The lowest BCUT2D eigenvalue weighted by Gasteiger charge is -2.19. The molecule has 6 heteroatoms. The first-order valence-corrected chi connectivity index (χ1v) is 8.58. The third-order valence-corrected chi connectivity index (χ3v) is 4.72. The van der Waals surface area contributed by atoms with Gasteiger partial charge >= 0.3 is 0 Å². The number of rotatable bonds is 4. The molecule has 4 rings (SSSR count). The van der Waals surface area contributed by atoms with Gasteiger partial charge in [0.05, 0.1) is 17.5 Å². The Bertz CT molecular complexity index is 906. The Morgan fingerprint density at radius 2 is 2.04 bits per heavy atom. The van der Waals surface area contributed by atoms with Crippen LogP contribution in [-0.4, -0.2) is 26.5 Å². The molecular formula is C19H21N5O. The molecule has 0 radical (unpaired) electrons. The average molecular weight is 335 g/mol. The van der Waals surface area contributed by atoms with Gasteiger partial charge in [0.2, 0.25) is 5.82 Å². The van der Waals surface area contributed by atoms with Crippen LogP contribution in [0.15, 0.2) is 47.3 Å². The van der Waals surface area contributed by atoms with Crippen molar-refractivity contribution in [3.05, 3.63) is 48.4 Å². The van der Waals surface area contributed by atoms with Crippen LogP contribution in [0.1, 0.15) is 25.5 Å². The first kappa shape index (κ1) is 15.6. The predicted octanol–water partition coefficient (Wildman–Crippen LogP) is 3.81. The molecule has 1 saturated heterocycles. The number of anilines is 1. The molecule has 0 aliphatic carbocycles. The van der Waals surface area contributed by atoms with E-state index in [1.807, 2.05) is 23.9 Å². The maximum absolute atomic E-state index is 5.47. The Morgan fingerprint density at radius 1 is 1.24 bits per heavy atom. The predicted molar refractivity (Wildman–Crippen MR) is 97.0 cm³/mol. The quantitative estimate of drug-likeness (QED) is 0.725. The second-order valence-electron chi connectivity index (χ2n) is 6.27. The minimum atomic E-state index is 0.511. The summed E-state index contributed by atoms with van der Waals surface area (Å²) < 4.78 is 7.31. The Labute approximate surface area is 146 Å². The lowest BCUT2D eigenvalue weighted by molar-refractivity contribution is 0.432.